The first-order chi connectivity index (χ1) is 10.6. The zero-order chi connectivity index (χ0) is 17.3. The number of rotatable bonds is 5. The third kappa shape index (κ3) is 3.91. The molecule has 0 unspecified atom stereocenters. The van der Waals surface area contributed by atoms with E-state index >= 15 is 0 Å². The first kappa shape index (κ1) is 17.5. The lowest BCUT2D eigenvalue weighted by Gasteiger charge is -2.27. The molecule has 0 saturated heterocycles. The Labute approximate surface area is 134 Å². The summed E-state index contributed by atoms with van der Waals surface area (Å²) in [6.07, 6.45) is -4.63. The number of carbonyl (C=O) groups excluding carboxylic acids is 1. The van der Waals surface area contributed by atoms with Gasteiger partial charge in [-0.25, -0.2) is 4.98 Å². The number of alkyl halides is 3. The van der Waals surface area contributed by atoms with E-state index in [-0.39, 0.29) is 12.3 Å². The van der Waals surface area contributed by atoms with Crippen molar-refractivity contribution in [3.05, 3.63) is 39.7 Å². The summed E-state index contributed by atoms with van der Waals surface area (Å²) in [5.74, 6) is -1.45. The Morgan fingerprint density at radius 2 is 2.09 bits per heavy atom. The Balaban J connectivity index is 2.10. The van der Waals surface area contributed by atoms with Crippen molar-refractivity contribution < 1.29 is 27.5 Å². The molecule has 23 heavy (non-hydrogen) atoms. The van der Waals surface area contributed by atoms with Crippen molar-refractivity contribution in [2.24, 2.45) is 0 Å². The van der Waals surface area contributed by atoms with Crippen LogP contribution in [0.3, 0.4) is 0 Å². The van der Waals surface area contributed by atoms with Gasteiger partial charge in [-0.15, -0.1) is 11.3 Å². The molecule has 5 nitrogen and oxygen atoms in total. The number of hydrogen-bond acceptors (Lipinski definition) is 5. The van der Waals surface area contributed by atoms with Gasteiger partial charge in [-0.2, -0.15) is 13.2 Å². The van der Waals surface area contributed by atoms with Gasteiger partial charge in [0, 0.05) is 11.1 Å². The second-order valence-corrected chi connectivity index (χ2v) is 6.41. The predicted molar refractivity (Wildman–Crippen MR) is 76.7 cm³/mol. The highest BCUT2D eigenvalue weighted by Gasteiger charge is 2.58. The van der Waals surface area contributed by atoms with E-state index in [1.807, 2.05) is 6.92 Å². The number of amides is 1. The minimum Gasteiger partial charge on any atom is -0.463 e. The number of aromatic nitrogens is 1. The molecule has 2 N–H and O–H groups in total. The minimum absolute atomic E-state index is 0.00244. The summed E-state index contributed by atoms with van der Waals surface area (Å²) in [7, 11) is 0. The molecule has 0 fully saturated rings. The third-order valence-corrected chi connectivity index (χ3v) is 4.05. The van der Waals surface area contributed by atoms with Gasteiger partial charge in [-0.3, -0.25) is 4.79 Å². The number of carbonyl (C=O) groups is 1. The Morgan fingerprint density at radius 3 is 2.57 bits per heavy atom. The number of nitrogens with one attached hydrogen (secondary N) is 1. The number of aliphatic hydroxyl groups is 1. The second-order valence-electron chi connectivity index (χ2n) is 5.09. The molecule has 0 aromatic carbocycles. The Morgan fingerprint density at radius 1 is 1.39 bits per heavy atom. The molecule has 2 aromatic rings. The van der Waals surface area contributed by atoms with Crippen LogP contribution in [-0.4, -0.2) is 22.2 Å². The highest BCUT2D eigenvalue weighted by Crippen LogP contribution is 2.42. The molecule has 2 aromatic heterocycles. The summed E-state index contributed by atoms with van der Waals surface area (Å²) in [5.41, 5.74) is -3.37. The molecule has 2 heterocycles. The molecule has 0 spiro atoms. The minimum atomic E-state index is -5.05. The van der Waals surface area contributed by atoms with Crippen molar-refractivity contribution in [3.8, 4) is 0 Å². The monoisotopic (exact) mass is 348 g/mol. The SMILES string of the molecule is Cc1ccc([C@](O)(CC(=O)NCc2ncc(C)s2)C(F)(F)F)o1. The summed E-state index contributed by atoms with van der Waals surface area (Å²) in [6, 6.07) is 2.31. The van der Waals surface area contributed by atoms with Crippen molar-refractivity contribution in [2.75, 3.05) is 0 Å². The summed E-state index contributed by atoms with van der Waals surface area (Å²) in [5, 5.41) is 12.9. The van der Waals surface area contributed by atoms with Crippen LogP contribution in [-0.2, 0) is 16.9 Å². The van der Waals surface area contributed by atoms with E-state index in [4.69, 9.17) is 4.42 Å². The molecular formula is C14H15F3N2O3S. The fourth-order valence-corrected chi connectivity index (χ4v) is 2.66. The first-order valence-corrected chi connectivity index (χ1v) is 7.47. The van der Waals surface area contributed by atoms with E-state index in [1.165, 1.54) is 24.3 Å². The van der Waals surface area contributed by atoms with E-state index in [0.29, 0.717) is 5.01 Å². The molecule has 0 aliphatic rings. The summed E-state index contributed by atoms with van der Waals surface area (Å²) in [6.45, 7) is 3.28. The number of halogens is 3. The van der Waals surface area contributed by atoms with Gasteiger partial charge in [0.15, 0.2) is 0 Å². The second kappa shape index (κ2) is 6.32. The molecule has 0 radical (unpaired) electrons. The zero-order valence-corrected chi connectivity index (χ0v) is 13.2. The van der Waals surface area contributed by atoms with Gasteiger partial charge in [0.2, 0.25) is 11.5 Å². The van der Waals surface area contributed by atoms with E-state index < -0.39 is 29.9 Å². The van der Waals surface area contributed by atoms with Crippen LogP contribution in [0.5, 0.6) is 0 Å². The lowest BCUT2D eigenvalue weighted by atomic mass is 9.95. The van der Waals surface area contributed by atoms with Crippen molar-refractivity contribution in [2.45, 2.75) is 38.6 Å². The molecule has 1 amide bonds. The standard InChI is InChI=1S/C14H15F3N2O3S/c1-8-3-4-10(22-8)13(21,14(15,16)17)5-11(20)18-7-12-19-6-9(2)23-12/h3-4,6,21H,5,7H2,1-2H3,(H,18,20)/t13-/m1/s1. The lowest BCUT2D eigenvalue weighted by Crippen LogP contribution is -2.45. The Bertz CT molecular complexity index is 695. The highest BCUT2D eigenvalue weighted by atomic mass is 32.1. The smallest absolute Gasteiger partial charge is 0.425 e. The number of furan rings is 1. The molecule has 0 aliphatic heterocycles. The third-order valence-electron chi connectivity index (χ3n) is 3.14. The summed E-state index contributed by atoms with van der Waals surface area (Å²) in [4.78, 5) is 16.7. The van der Waals surface area contributed by atoms with Crippen LogP contribution < -0.4 is 5.32 Å². The van der Waals surface area contributed by atoms with Crippen LogP contribution >= 0.6 is 11.3 Å². The average Bonchev–Trinajstić information content (AvgIpc) is 3.04. The highest BCUT2D eigenvalue weighted by molar-refractivity contribution is 7.11. The van der Waals surface area contributed by atoms with Gasteiger partial charge < -0.3 is 14.8 Å². The molecule has 0 bridgehead atoms. The number of thiazole rings is 1. The van der Waals surface area contributed by atoms with Crippen LogP contribution in [0.4, 0.5) is 13.2 Å². The average molecular weight is 348 g/mol. The van der Waals surface area contributed by atoms with E-state index in [1.54, 1.807) is 6.20 Å². The van der Waals surface area contributed by atoms with Crippen LogP contribution in [0.2, 0.25) is 0 Å². The maximum absolute atomic E-state index is 13.2. The first-order valence-electron chi connectivity index (χ1n) is 6.66. The maximum Gasteiger partial charge on any atom is 0.425 e. The fourth-order valence-electron chi connectivity index (χ4n) is 1.94. The molecule has 126 valence electrons. The fraction of sp³-hybridized carbons (Fsp3) is 0.429. The summed E-state index contributed by atoms with van der Waals surface area (Å²) < 4.78 is 44.6. The van der Waals surface area contributed by atoms with E-state index in [0.717, 1.165) is 10.9 Å². The molecule has 2 rings (SSSR count). The van der Waals surface area contributed by atoms with Gasteiger partial charge in [0.25, 0.3) is 0 Å². The molecule has 0 aliphatic carbocycles. The molecular weight excluding hydrogens is 333 g/mol. The van der Waals surface area contributed by atoms with Crippen LogP contribution in [0.25, 0.3) is 0 Å². The van der Waals surface area contributed by atoms with Gasteiger partial charge >= 0.3 is 6.18 Å². The number of nitrogens with zero attached hydrogens (tertiary/aromatic N) is 1. The van der Waals surface area contributed by atoms with Crippen molar-refractivity contribution in [3.63, 3.8) is 0 Å². The van der Waals surface area contributed by atoms with Gasteiger partial charge in [0.1, 0.15) is 16.5 Å². The van der Waals surface area contributed by atoms with Crippen molar-refractivity contribution in [1.82, 2.24) is 10.3 Å². The molecule has 0 saturated carbocycles. The lowest BCUT2D eigenvalue weighted by molar-refractivity contribution is -0.273. The van der Waals surface area contributed by atoms with E-state index in [2.05, 4.69) is 10.3 Å². The Hall–Kier alpha value is -1.87. The summed E-state index contributed by atoms with van der Waals surface area (Å²) >= 11 is 1.32. The van der Waals surface area contributed by atoms with Crippen molar-refractivity contribution >= 4 is 17.2 Å². The zero-order valence-electron chi connectivity index (χ0n) is 12.4. The Kier molecular flexibility index (Phi) is 4.81. The normalized spacial score (nSPS) is 14.5. The number of hydrogen-bond donors (Lipinski definition) is 2. The van der Waals surface area contributed by atoms with Gasteiger partial charge in [-0.05, 0) is 26.0 Å². The van der Waals surface area contributed by atoms with Crippen molar-refractivity contribution in [1.29, 1.82) is 0 Å². The molecule has 1 atom stereocenters. The van der Waals surface area contributed by atoms with Crippen LogP contribution in [0.1, 0.15) is 27.8 Å². The predicted octanol–water partition coefficient (Wildman–Crippen LogP) is 2.81. The largest absolute Gasteiger partial charge is 0.463 e. The van der Waals surface area contributed by atoms with Gasteiger partial charge in [-0.1, -0.05) is 0 Å². The topological polar surface area (TPSA) is 75.4 Å². The quantitative estimate of drug-likeness (QED) is 0.871. The van der Waals surface area contributed by atoms with Crippen LogP contribution in [0, 0.1) is 13.8 Å². The van der Waals surface area contributed by atoms with Crippen LogP contribution in [0.15, 0.2) is 22.7 Å². The van der Waals surface area contributed by atoms with Gasteiger partial charge in [0.05, 0.1) is 13.0 Å². The van der Waals surface area contributed by atoms with E-state index in [9.17, 15) is 23.1 Å². The molecule has 9 heteroatoms. The number of aryl methyl sites for hydroxylation is 2. The maximum atomic E-state index is 13.2.